The van der Waals surface area contributed by atoms with Crippen LogP contribution in [-0.4, -0.2) is 13.2 Å². The predicted octanol–water partition coefficient (Wildman–Crippen LogP) is 2.74. The van der Waals surface area contributed by atoms with Gasteiger partial charge in [0, 0.05) is 6.12 Å². The molecule has 0 aromatic rings. The summed E-state index contributed by atoms with van der Waals surface area (Å²) in [5, 5.41) is 0. The van der Waals surface area contributed by atoms with Crippen molar-refractivity contribution in [3.8, 4) is 0 Å². The first-order valence-corrected chi connectivity index (χ1v) is 11.4. The SMILES string of the molecule is CCCCCCCO[P+]([S-])([S-])OCCCCCCC.[Na+]. The Hall–Kier alpha value is 2.05. The van der Waals surface area contributed by atoms with Crippen molar-refractivity contribution in [2.75, 3.05) is 13.2 Å². The minimum atomic E-state index is -2.39. The van der Waals surface area contributed by atoms with Crippen LogP contribution in [0.1, 0.15) is 78.1 Å². The molecule has 0 atom stereocenters. The first-order valence-electron chi connectivity index (χ1n) is 7.72. The molecule has 116 valence electrons. The summed E-state index contributed by atoms with van der Waals surface area (Å²) in [6.45, 7) is 5.77. The molecule has 0 aliphatic carbocycles. The largest absolute Gasteiger partial charge is 1.00 e. The number of unbranched alkanes of at least 4 members (excludes halogenated alkanes) is 8. The zero-order valence-corrected chi connectivity index (χ0v) is 18.1. The fraction of sp³-hybridized carbons (Fsp3) is 1.00. The molecular formula is C14H30NaO2PS2. The van der Waals surface area contributed by atoms with Gasteiger partial charge >= 0.3 is 29.6 Å². The summed E-state index contributed by atoms with van der Waals surface area (Å²) in [6.07, 6.45) is 9.81. The first kappa shape index (κ1) is 24.3. The molecule has 0 aliphatic heterocycles. The molecule has 0 saturated carbocycles. The van der Waals surface area contributed by atoms with E-state index in [1.54, 1.807) is 0 Å². The van der Waals surface area contributed by atoms with E-state index >= 15 is 0 Å². The van der Waals surface area contributed by atoms with E-state index in [0.29, 0.717) is 13.2 Å². The third-order valence-electron chi connectivity index (χ3n) is 2.99. The maximum atomic E-state index is 5.56. The molecule has 0 fully saturated rings. The molecule has 0 aliphatic rings. The molecule has 2 nitrogen and oxygen atoms in total. The van der Waals surface area contributed by atoms with Gasteiger partial charge in [0.2, 0.25) is 0 Å². The molecule has 0 aromatic carbocycles. The molecule has 0 radical (unpaired) electrons. The summed E-state index contributed by atoms with van der Waals surface area (Å²) in [5.74, 6) is 0. The molecule has 0 bridgehead atoms. The van der Waals surface area contributed by atoms with Gasteiger partial charge in [0.25, 0.3) is 0 Å². The van der Waals surface area contributed by atoms with Crippen molar-refractivity contribution in [1.82, 2.24) is 0 Å². The standard InChI is InChI=1S/C14H31O2PS2.Na/c1-3-5-7-9-11-13-15-17(18,19)16-14-12-10-8-6-4-2;/h3-14H2,1-2H3,(H,18,19);/q;+1/p-1. The van der Waals surface area contributed by atoms with Gasteiger partial charge in [-0.05, 0) is 12.8 Å². The van der Waals surface area contributed by atoms with Crippen molar-refractivity contribution in [3.05, 3.63) is 0 Å². The quantitative estimate of drug-likeness (QED) is 0.208. The fourth-order valence-electron chi connectivity index (χ4n) is 1.80. The normalized spacial score (nSPS) is 11.4. The van der Waals surface area contributed by atoms with Crippen molar-refractivity contribution in [1.29, 1.82) is 0 Å². The van der Waals surface area contributed by atoms with Gasteiger partial charge in [0.15, 0.2) is 0 Å². The van der Waals surface area contributed by atoms with Crippen LogP contribution in [0.2, 0.25) is 0 Å². The average Bonchev–Trinajstić information content (AvgIpc) is 2.38. The Labute approximate surface area is 159 Å². The molecule has 20 heavy (non-hydrogen) atoms. The van der Waals surface area contributed by atoms with Gasteiger partial charge in [0.05, 0.1) is 13.2 Å². The molecule has 0 amide bonds. The third kappa shape index (κ3) is 18.1. The maximum absolute atomic E-state index is 5.56. The Bertz CT molecular complexity index is 180. The zero-order valence-electron chi connectivity index (χ0n) is 13.6. The topological polar surface area (TPSA) is 18.5 Å². The van der Waals surface area contributed by atoms with Crippen LogP contribution in [-0.2, 0) is 33.5 Å². The van der Waals surface area contributed by atoms with Crippen LogP contribution in [0.5, 0.6) is 0 Å². The number of rotatable bonds is 14. The van der Waals surface area contributed by atoms with Gasteiger partial charge in [-0.15, -0.1) is 0 Å². The molecular weight excluding hydrogens is 318 g/mol. The van der Waals surface area contributed by atoms with Gasteiger partial charge in [-0.25, -0.2) is 0 Å². The molecule has 6 heteroatoms. The minimum absolute atomic E-state index is 0. The summed E-state index contributed by atoms with van der Waals surface area (Å²) < 4.78 is 11.1. The Morgan fingerprint density at radius 2 is 1.00 bits per heavy atom. The van der Waals surface area contributed by atoms with E-state index in [1.165, 1.54) is 51.4 Å². The Morgan fingerprint density at radius 3 is 1.35 bits per heavy atom. The number of hydrogen-bond acceptors (Lipinski definition) is 4. The third-order valence-corrected chi connectivity index (χ3v) is 5.26. The van der Waals surface area contributed by atoms with Crippen LogP contribution in [0.25, 0.3) is 0 Å². The fourth-order valence-corrected chi connectivity index (χ4v) is 3.48. The van der Waals surface area contributed by atoms with Gasteiger partial charge < -0.3 is 24.5 Å². The molecule has 0 rings (SSSR count). The summed E-state index contributed by atoms with van der Waals surface area (Å²) in [5.41, 5.74) is 0. The van der Waals surface area contributed by atoms with Crippen LogP contribution < -0.4 is 29.6 Å². The monoisotopic (exact) mass is 348 g/mol. The van der Waals surface area contributed by atoms with E-state index in [2.05, 4.69) is 13.8 Å². The van der Waals surface area contributed by atoms with Gasteiger partial charge in [-0.3, -0.25) is 9.05 Å². The molecule has 0 unspecified atom stereocenters. The van der Waals surface area contributed by atoms with Crippen molar-refractivity contribution in [3.63, 3.8) is 0 Å². The first-order chi connectivity index (χ1) is 9.12. The van der Waals surface area contributed by atoms with E-state index in [1.807, 2.05) is 0 Å². The van der Waals surface area contributed by atoms with Crippen LogP contribution in [0.4, 0.5) is 0 Å². The summed E-state index contributed by atoms with van der Waals surface area (Å²) in [7, 11) is 0. The second-order valence-electron chi connectivity index (χ2n) is 4.94. The molecule has 0 N–H and O–H groups in total. The van der Waals surface area contributed by atoms with Crippen LogP contribution in [0, 0.1) is 0 Å². The predicted molar refractivity (Wildman–Crippen MR) is 91.1 cm³/mol. The zero-order chi connectivity index (χ0) is 14.4. The summed E-state index contributed by atoms with van der Waals surface area (Å²) in [4.78, 5) is 0. The smallest absolute Gasteiger partial charge is 0.516 e. The van der Waals surface area contributed by atoms with Gasteiger partial charge in [-0.2, -0.15) is 0 Å². The van der Waals surface area contributed by atoms with E-state index in [9.17, 15) is 0 Å². The van der Waals surface area contributed by atoms with Crippen molar-refractivity contribution < 1.29 is 38.6 Å². The van der Waals surface area contributed by atoms with Gasteiger partial charge in [-0.1, -0.05) is 65.2 Å². The van der Waals surface area contributed by atoms with Crippen LogP contribution >= 0.6 is 6.12 Å². The second kappa shape index (κ2) is 17.4. The van der Waals surface area contributed by atoms with Crippen molar-refractivity contribution in [2.24, 2.45) is 0 Å². The Morgan fingerprint density at radius 1 is 0.650 bits per heavy atom. The van der Waals surface area contributed by atoms with E-state index in [0.717, 1.165) is 12.8 Å². The summed E-state index contributed by atoms with van der Waals surface area (Å²) >= 11 is 10.5. The van der Waals surface area contributed by atoms with Gasteiger partial charge in [0.1, 0.15) is 0 Å². The summed E-state index contributed by atoms with van der Waals surface area (Å²) in [6, 6.07) is 0. The Balaban J connectivity index is 0. The molecule has 0 aromatic heterocycles. The molecule has 0 heterocycles. The van der Waals surface area contributed by atoms with Crippen LogP contribution in [0.3, 0.4) is 0 Å². The number of hydrogen-bond donors (Lipinski definition) is 0. The van der Waals surface area contributed by atoms with E-state index in [4.69, 9.17) is 33.5 Å². The molecule has 0 saturated heterocycles. The Kier molecular flexibility index (Phi) is 21.2. The average molecular weight is 348 g/mol. The van der Waals surface area contributed by atoms with Crippen LogP contribution in [0.15, 0.2) is 0 Å². The minimum Gasteiger partial charge on any atom is -0.516 e. The second-order valence-corrected chi connectivity index (χ2v) is 9.93. The van der Waals surface area contributed by atoms with E-state index < -0.39 is 6.12 Å². The molecule has 0 spiro atoms. The maximum Gasteiger partial charge on any atom is 1.00 e. The van der Waals surface area contributed by atoms with Crippen molar-refractivity contribution >= 4 is 30.6 Å². The van der Waals surface area contributed by atoms with E-state index in [-0.39, 0.29) is 29.6 Å². The van der Waals surface area contributed by atoms with Crippen molar-refractivity contribution in [2.45, 2.75) is 78.1 Å².